The van der Waals surface area contributed by atoms with E-state index in [2.05, 4.69) is 40.1 Å². The zero-order valence-corrected chi connectivity index (χ0v) is 13.4. The normalized spacial score (nSPS) is 12.7. The minimum atomic E-state index is 0.239. The van der Waals surface area contributed by atoms with Crippen LogP contribution in [0.4, 0.5) is 0 Å². The first-order valence-electron chi connectivity index (χ1n) is 5.66. The minimum Gasteiger partial charge on any atom is -0.304 e. The van der Waals surface area contributed by atoms with E-state index in [1.54, 1.807) is 11.3 Å². The highest BCUT2D eigenvalue weighted by Crippen LogP contribution is 2.23. The van der Waals surface area contributed by atoms with Crippen LogP contribution in [0.3, 0.4) is 0 Å². The Morgan fingerprint density at radius 2 is 2.28 bits per heavy atom. The van der Waals surface area contributed by atoms with E-state index in [1.165, 1.54) is 4.88 Å². The lowest BCUT2D eigenvalue weighted by molar-refractivity contribution is 0.572. The molecule has 2 aromatic rings. The van der Waals surface area contributed by atoms with Gasteiger partial charge in [0.05, 0.1) is 6.04 Å². The first kappa shape index (κ1) is 14.0. The Morgan fingerprint density at radius 1 is 1.50 bits per heavy atom. The van der Waals surface area contributed by atoms with Crippen LogP contribution in [-0.4, -0.2) is 4.98 Å². The summed E-state index contributed by atoms with van der Waals surface area (Å²) in [5.74, 6) is 0. The van der Waals surface area contributed by atoms with E-state index < -0.39 is 0 Å². The van der Waals surface area contributed by atoms with Crippen molar-refractivity contribution >= 4 is 38.9 Å². The number of halogens is 2. The van der Waals surface area contributed by atoms with Crippen LogP contribution in [0.1, 0.15) is 28.4 Å². The van der Waals surface area contributed by atoms with Crippen molar-refractivity contribution in [3.8, 4) is 0 Å². The van der Waals surface area contributed by atoms with Gasteiger partial charge in [-0.1, -0.05) is 33.6 Å². The average Bonchev–Trinajstić information content (AvgIpc) is 2.74. The van der Waals surface area contributed by atoms with Gasteiger partial charge in [0, 0.05) is 27.1 Å². The van der Waals surface area contributed by atoms with Gasteiger partial charge in [-0.25, -0.2) is 4.98 Å². The monoisotopic (exact) mass is 344 g/mol. The van der Waals surface area contributed by atoms with Crippen LogP contribution < -0.4 is 5.32 Å². The number of nitrogens with one attached hydrogen (secondary N) is 1. The highest BCUT2D eigenvalue weighted by atomic mass is 79.9. The van der Waals surface area contributed by atoms with Crippen LogP contribution in [0.5, 0.6) is 0 Å². The third-order valence-electron chi connectivity index (χ3n) is 2.62. The fraction of sp³-hybridized carbons (Fsp3) is 0.308. The first-order chi connectivity index (χ1) is 8.56. The van der Waals surface area contributed by atoms with Crippen LogP contribution in [0, 0.1) is 6.92 Å². The summed E-state index contributed by atoms with van der Waals surface area (Å²) in [5, 5.41) is 5.33. The molecular weight excluding hydrogens is 332 g/mol. The van der Waals surface area contributed by atoms with Crippen LogP contribution in [0.2, 0.25) is 5.02 Å². The molecule has 0 spiro atoms. The molecule has 0 amide bonds. The summed E-state index contributed by atoms with van der Waals surface area (Å²) in [6.07, 6.45) is 1.91. The summed E-state index contributed by atoms with van der Waals surface area (Å²) in [4.78, 5) is 5.62. The molecule has 5 heteroatoms. The van der Waals surface area contributed by atoms with Gasteiger partial charge in [0.1, 0.15) is 5.01 Å². The number of hydrogen-bond donors (Lipinski definition) is 1. The fourth-order valence-electron chi connectivity index (χ4n) is 1.59. The van der Waals surface area contributed by atoms with E-state index in [9.17, 15) is 0 Å². The number of benzene rings is 1. The Labute approximate surface area is 125 Å². The van der Waals surface area contributed by atoms with E-state index in [0.717, 1.165) is 26.6 Å². The Balaban J connectivity index is 1.99. The second-order valence-electron chi connectivity index (χ2n) is 4.15. The summed E-state index contributed by atoms with van der Waals surface area (Å²) >= 11 is 11.3. The largest absolute Gasteiger partial charge is 0.304 e. The maximum absolute atomic E-state index is 6.18. The maximum atomic E-state index is 6.18. The van der Waals surface area contributed by atoms with Crippen molar-refractivity contribution in [2.45, 2.75) is 26.4 Å². The molecule has 0 aliphatic carbocycles. The molecule has 2 nitrogen and oxygen atoms in total. The molecule has 18 heavy (non-hydrogen) atoms. The Bertz CT molecular complexity index is 542. The molecule has 1 aromatic carbocycles. The van der Waals surface area contributed by atoms with E-state index in [1.807, 2.05) is 24.4 Å². The summed E-state index contributed by atoms with van der Waals surface area (Å²) in [5.41, 5.74) is 1.10. The topological polar surface area (TPSA) is 24.9 Å². The second kappa shape index (κ2) is 6.15. The Hall–Kier alpha value is -0.420. The quantitative estimate of drug-likeness (QED) is 0.867. The van der Waals surface area contributed by atoms with Gasteiger partial charge >= 0.3 is 0 Å². The molecule has 0 bridgehead atoms. The molecule has 0 saturated carbocycles. The number of thiazole rings is 1. The molecule has 0 radical (unpaired) electrons. The number of hydrogen-bond acceptors (Lipinski definition) is 3. The van der Waals surface area contributed by atoms with Crippen molar-refractivity contribution in [2.75, 3.05) is 0 Å². The van der Waals surface area contributed by atoms with Gasteiger partial charge in [-0.3, -0.25) is 0 Å². The number of rotatable bonds is 4. The van der Waals surface area contributed by atoms with Gasteiger partial charge < -0.3 is 5.32 Å². The molecule has 0 fully saturated rings. The molecule has 0 aliphatic rings. The molecule has 0 aliphatic heterocycles. The van der Waals surface area contributed by atoms with Crippen molar-refractivity contribution in [3.05, 3.63) is 49.3 Å². The lowest BCUT2D eigenvalue weighted by Crippen LogP contribution is -2.18. The van der Waals surface area contributed by atoms with E-state index >= 15 is 0 Å². The van der Waals surface area contributed by atoms with Gasteiger partial charge in [0.15, 0.2) is 0 Å². The molecule has 1 N–H and O–H groups in total. The average molecular weight is 346 g/mol. The molecule has 1 aromatic heterocycles. The van der Waals surface area contributed by atoms with Crippen molar-refractivity contribution < 1.29 is 0 Å². The Kier molecular flexibility index (Phi) is 4.78. The lowest BCUT2D eigenvalue weighted by atomic mass is 10.2. The van der Waals surface area contributed by atoms with E-state index in [-0.39, 0.29) is 6.04 Å². The van der Waals surface area contributed by atoms with Crippen LogP contribution in [0.15, 0.2) is 28.9 Å². The third-order valence-corrected chi connectivity index (χ3v) is 4.56. The highest BCUT2D eigenvalue weighted by molar-refractivity contribution is 9.10. The molecule has 2 rings (SSSR count). The second-order valence-corrected chi connectivity index (χ2v) is 6.74. The van der Waals surface area contributed by atoms with Crippen LogP contribution in [0.25, 0.3) is 0 Å². The lowest BCUT2D eigenvalue weighted by Gasteiger charge is -2.12. The van der Waals surface area contributed by atoms with Gasteiger partial charge in [-0.05, 0) is 31.5 Å². The summed E-state index contributed by atoms with van der Waals surface area (Å²) < 4.78 is 1.000. The molecule has 0 saturated heterocycles. The van der Waals surface area contributed by atoms with Gasteiger partial charge in [0.2, 0.25) is 0 Å². The van der Waals surface area contributed by atoms with Gasteiger partial charge in [0.25, 0.3) is 0 Å². The van der Waals surface area contributed by atoms with E-state index in [0.29, 0.717) is 0 Å². The van der Waals surface area contributed by atoms with Crippen LogP contribution in [-0.2, 0) is 6.54 Å². The van der Waals surface area contributed by atoms with Crippen molar-refractivity contribution in [1.82, 2.24) is 10.3 Å². The minimum absolute atomic E-state index is 0.239. The number of aromatic nitrogens is 1. The third kappa shape index (κ3) is 3.54. The van der Waals surface area contributed by atoms with Crippen molar-refractivity contribution in [3.63, 3.8) is 0 Å². The molecule has 96 valence electrons. The predicted octanol–water partition coefficient (Wildman–Crippen LogP) is 4.72. The smallest absolute Gasteiger partial charge is 0.109 e. The predicted molar refractivity (Wildman–Crippen MR) is 81.3 cm³/mol. The SMILES string of the molecule is Cc1cnc(C(C)NCc2ccc(Br)cc2Cl)s1. The van der Waals surface area contributed by atoms with E-state index in [4.69, 9.17) is 11.6 Å². The fourth-order valence-corrected chi connectivity index (χ4v) is 3.13. The summed E-state index contributed by atoms with van der Waals surface area (Å²) in [6.45, 7) is 4.93. The Morgan fingerprint density at radius 3 is 2.89 bits per heavy atom. The molecule has 1 unspecified atom stereocenters. The first-order valence-corrected chi connectivity index (χ1v) is 7.64. The summed E-state index contributed by atoms with van der Waals surface area (Å²) in [7, 11) is 0. The zero-order chi connectivity index (χ0) is 13.1. The van der Waals surface area contributed by atoms with Gasteiger partial charge in [-0.2, -0.15) is 0 Å². The standard InChI is InChI=1S/C13H14BrClN2S/c1-8-6-17-13(18-8)9(2)16-7-10-3-4-11(14)5-12(10)15/h3-6,9,16H,7H2,1-2H3. The zero-order valence-electron chi connectivity index (χ0n) is 10.2. The van der Waals surface area contributed by atoms with Crippen molar-refractivity contribution in [1.29, 1.82) is 0 Å². The molecular formula is C13H14BrClN2S. The maximum Gasteiger partial charge on any atom is 0.109 e. The van der Waals surface area contributed by atoms with Crippen LogP contribution >= 0.6 is 38.9 Å². The van der Waals surface area contributed by atoms with Crippen molar-refractivity contribution in [2.24, 2.45) is 0 Å². The summed E-state index contributed by atoms with van der Waals surface area (Å²) in [6, 6.07) is 6.18. The van der Waals surface area contributed by atoms with Gasteiger partial charge in [-0.15, -0.1) is 11.3 Å². The molecule has 1 atom stereocenters. The highest BCUT2D eigenvalue weighted by Gasteiger charge is 2.09. The molecule has 1 heterocycles. The number of aryl methyl sites for hydroxylation is 1. The number of nitrogens with zero attached hydrogens (tertiary/aromatic N) is 1.